The molecule has 3 N–H and O–H groups in total. The van der Waals surface area contributed by atoms with E-state index in [1.807, 2.05) is 22.4 Å². The Hall–Kier alpha value is -1.56. The fraction of sp³-hybridized carbons (Fsp3) is 0.625. The number of primary amides is 1. The molecule has 2 rings (SSSR count). The van der Waals surface area contributed by atoms with E-state index >= 15 is 0 Å². The number of urea groups is 1. The number of nitrogens with two attached hydrogens (primary N) is 1. The first-order chi connectivity index (χ1) is 10.5. The number of hydrogen-bond donors (Lipinski definition) is 2. The Kier molecular flexibility index (Phi) is 5.83. The van der Waals surface area contributed by atoms with E-state index in [-0.39, 0.29) is 18.4 Å². The molecule has 1 aliphatic carbocycles. The van der Waals surface area contributed by atoms with Crippen molar-refractivity contribution in [1.29, 1.82) is 0 Å². The van der Waals surface area contributed by atoms with Gasteiger partial charge in [-0.25, -0.2) is 4.79 Å². The lowest BCUT2D eigenvalue weighted by atomic mass is 10.1. The molecule has 1 saturated carbocycles. The van der Waals surface area contributed by atoms with Crippen molar-refractivity contribution in [2.24, 2.45) is 11.7 Å². The van der Waals surface area contributed by atoms with Gasteiger partial charge in [0.15, 0.2) is 0 Å². The minimum absolute atomic E-state index is 0.107. The van der Waals surface area contributed by atoms with Gasteiger partial charge in [0.25, 0.3) is 0 Å². The van der Waals surface area contributed by atoms with E-state index < -0.39 is 6.03 Å². The van der Waals surface area contributed by atoms with Crippen molar-refractivity contribution in [3.8, 4) is 0 Å². The highest BCUT2D eigenvalue weighted by Crippen LogP contribution is 2.30. The molecular formula is C16H25N3O2S. The van der Waals surface area contributed by atoms with Gasteiger partial charge < -0.3 is 16.0 Å². The lowest BCUT2D eigenvalue weighted by Crippen LogP contribution is -2.39. The molecule has 1 heterocycles. The van der Waals surface area contributed by atoms with Crippen LogP contribution >= 0.6 is 11.3 Å². The normalized spacial score (nSPS) is 15.6. The molecule has 3 amide bonds. The van der Waals surface area contributed by atoms with Gasteiger partial charge in [-0.2, -0.15) is 0 Å². The van der Waals surface area contributed by atoms with Gasteiger partial charge in [0.1, 0.15) is 0 Å². The highest BCUT2D eigenvalue weighted by molar-refractivity contribution is 7.10. The predicted octanol–water partition coefficient (Wildman–Crippen LogP) is 2.88. The number of amides is 3. The molecule has 0 bridgehead atoms. The van der Waals surface area contributed by atoms with Crippen LogP contribution in [-0.2, 0) is 4.79 Å². The molecule has 6 heteroatoms. The van der Waals surface area contributed by atoms with Crippen molar-refractivity contribution >= 4 is 23.3 Å². The third-order valence-electron chi connectivity index (χ3n) is 3.84. The van der Waals surface area contributed by atoms with Crippen LogP contribution in [0.2, 0.25) is 0 Å². The summed E-state index contributed by atoms with van der Waals surface area (Å²) in [5.41, 5.74) is 5.25. The Morgan fingerprint density at radius 2 is 2.18 bits per heavy atom. The first-order valence-electron chi connectivity index (χ1n) is 7.86. The van der Waals surface area contributed by atoms with Crippen molar-refractivity contribution in [3.63, 3.8) is 0 Å². The van der Waals surface area contributed by atoms with Crippen LogP contribution in [0.25, 0.3) is 0 Å². The van der Waals surface area contributed by atoms with E-state index in [0.29, 0.717) is 12.0 Å². The maximum Gasteiger partial charge on any atom is 0.312 e. The zero-order valence-electron chi connectivity index (χ0n) is 13.2. The van der Waals surface area contributed by atoms with Crippen molar-refractivity contribution in [2.75, 3.05) is 6.54 Å². The van der Waals surface area contributed by atoms with Crippen molar-refractivity contribution in [1.82, 2.24) is 10.2 Å². The van der Waals surface area contributed by atoms with E-state index in [1.54, 1.807) is 0 Å². The van der Waals surface area contributed by atoms with Crippen LogP contribution in [0.3, 0.4) is 0 Å². The third-order valence-corrected chi connectivity index (χ3v) is 4.82. The van der Waals surface area contributed by atoms with E-state index in [4.69, 9.17) is 5.73 Å². The maximum absolute atomic E-state index is 12.7. The summed E-state index contributed by atoms with van der Waals surface area (Å²) in [5.74, 6) is 0.682. The average molecular weight is 323 g/mol. The summed E-state index contributed by atoms with van der Waals surface area (Å²) in [6.07, 6.45) is 3.47. The van der Waals surface area contributed by atoms with Crippen LogP contribution in [-0.4, -0.2) is 29.4 Å². The van der Waals surface area contributed by atoms with Gasteiger partial charge in [-0.15, -0.1) is 11.3 Å². The molecule has 22 heavy (non-hydrogen) atoms. The summed E-state index contributed by atoms with van der Waals surface area (Å²) in [4.78, 5) is 26.8. The molecule has 0 saturated heterocycles. The Bertz CT molecular complexity index is 497. The van der Waals surface area contributed by atoms with Crippen molar-refractivity contribution in [2.45, 2.75) is 51.6 Å². The maximum atomic E-state index is 12.7. The summed E-state index contributed by atoms with van der Waals surface area (Å²) < 4.78 is 0. The number of carbonyl (C=O) groups is 2. The van der Waals surface area contributed by atoms with Gasteiger partial charge in [0.2, 0.25) is 5.91 Å². The first-order valence-corrected chi connectivity index (χ1v) is 8.74. The summed E-state index contributed by atoms with van der Waals surface area (Å²) in [5, 5.41) is 4.63. The molecule has 0 spiro atoms. The SMILES string of the molecule is CC(C)CCN(C(=O)CC(NC(N)=O)c1cccs1)C1CC1. The number of rotatable bonds is 8. The predicted molar refractivity (Wildman–Crippen MR) is 88.6 cm³/mol. The second kappa shape index (κ2) is 7.63. The zero-order valence-corrected chi connectivity index (χ0v) is 14.1. The molecule has 1 aromatic rings. The van der Waals surface area contributed by atoms with Gasteiger partial charge in [-0.1, -0.05) is 19.9 Å². The minimum atomic E-state index is -0.591. The Morgan fingerprint density at radius 3 is 2.68 bits per heavy atom. The fourth-order valence-corrected chi connectivity index (χ4v) is 3.25. The van der Waals surface area contributed by atoms with Crippen LogP contribution in [0, 0.1) is 5.92 Å². The van der Waals surface area contributed by atoms with E-state index in [2.05, 4.69) is 19.2 Å². The van der Waals surface area contributed by atoms with Crippen LogP contribution in [0.1, 0.15) is 50.4 Å². The number of carbonyl (C=O) groups excluding carboxylic acids is 2. The van der Waals surface area contributed by atoms with Gasteiger partial charge in [0, 0.05) is 17.5 Å². The summed E-state index contributed by atoms with van der Waals surface area (Å²) in [6, 6.07) is 3.31. The van der Waals surface area contributed by atoms with Crippen LogP contribution in [0.4, 0.5) is 4.79 Å². The second-order valence-electron chi connectivity index (χ2n) is 6.28. The largest absolute Gasteiger partial charge is 0.352 e. The molecule has 1 aromatic heterocycles. The Balaban J connectivity index is 2.00. The summed E-state index contributed by atoms with van der Waals surface area (Å²) in [7, 11) is 0. The smallest absolute Gasteiger partial charge is 0.312 e. The van der Waals surface area contributed by atoms with Gasteiger partial charge in [-0.3, -0.25) is 4.79 Å². The molecule has 0 aromatic carbocycles. The van der Waals surface area contributed by atoms with Crippen LogP contribution < -0.4 is 11.1 Å². The number of nitrogens with zero attached hydrogens (tertiary/aromatic N) is 1. The Labute approximate surface area is 135 Å². The molecule has 1 fully saturated rings. The van der Waals surface area contributed by atoms with Crippen molar-refractivity contribution < 1.29 is 9.59 Å². The van der Waals surface area contributed by atoms with E-state index in [0.717, 1.165) is 30.7 Å². The molecule has 0 radical (unpaired) electrons. The monoisotopic (exact) mass is 323 g/mol. The fourth-order valence-electron chi connectivity index (χ4n) is 2.47. The molecular weight excluding hydrogens is 298 g/mol. The molecule has 1 atom stereocenters. The average Bonchev–Trinajstić information content (AvgIpc) is 3.11. The lowest BCUT2D eigenvalue weighted by Gasteiger charge is -2.26. The van der Waals surface area contributed by atoms with Gasteiger partial charge >= 0.3 is 6.03 Å². The quantitative estimate of drug-likeness (QED) is 0.772. The van der Waals surface area contributed by atoms with Crippen LogP contribution in [0.15, 0.2) is 17.5 Å². The highest BCUT2D eigenvalue weighted by atomic mass is 32.1. The van der Waals surface area contributed by atoms with Gasteiger partial charge in [0.05, 0.1) is 12.5 Å². The zero-order chi connectivity index (χ0) is 16.1. The Morgan fingerprint density at radius 1 is 1.45 bits per heavy atom. The number of thiophene rings is 1. The number of hydrogen-bond acceptors (Lipinski definition) is 3. The standard InChI is InChI=1S/C16H25N3O2S/c1-11(2)7-8-19(12-5-6-12)15(20)10-13(18-16(17)21)14-4-3-9-22-14/h3-4,9,11-13H,5-8,10H2,1-2H3,(H3,17,18,21). The molecule has 0 aliphatic heterocycles. The second-order valence-corrected chi connectivity index (χ2v) is 7.26. The molecule has 122 valence electrons. The van der Waals surface area contributed by atoms with Gasteiger partial charge in [-0.05, 0) is 36.6 Å². The molecule has 1 aliphatic rings. The summed E-state index contributed by atoms with van der Waals surface area (Å²) in [6.45, 7) is 5.13. The first kappa shape index (κ1) is 16.8. The lowest BCUT2D eigenvalue weighted by molar-refractivity contribution is -0.132. The van der Waals surface area contributed by atoms with Crippen LogP contribution in [0.5, 0.6) is 0 Å². The topological polar surface area (TPSA) is 75.4 Å². The minimum Gasteiger partial charge on any atom is -0.352 e. The third kappa shape index (κ3) is 5.02. The van der Waals surface area contributed by atoms with Crippen molar-refractivity contribution in [3.05, 3.63) is 22.4 Å². The van der Waals surface area contributed by atoms with E-state index in [1.165, 1.54) is 11.3 Å². The highest BCUT2D eigenvalue weighted by Gasteiger charge is 2.33. The summed E-state index contributed by atoms with van der Waals surface area (Å²) >= 11 is 1.53. The number of nitrogens with one attached hydrogen (secondary N) is 1. The van der Waals surface area contributed by atoms with E-state index in [9.17, 15) is 9.59 Å². The molecule has 5 nitrogen and oxygen atoms in total. The molecule has 1 unspecified atom stereocenters.